The third-order valence-corrected chi connectivity index (χ3v) is 4.88. The smallest absolute Gasteiger partial charge is 0.0310 e. The van der Waals surface area contributed by atoms with Crippen LogP contribution in [0.25, 0.3) is 0 Å². The first-order chi connectivity index (χ1) is 10.0. The van der Waals surface area contributed by atoms with Gasteiger partial charge in [0.15, 0.2) is 0 Å². The lowest BCUT2D eigenvalue weighted by Gasteiger charge is -2.43. The first-order valence-corrected chi connectivity index (χ1v) is 8.20. The van der Waals surface area contributed by atoms with Crippen molar-refractivity contribution in [3.63, 3.8) is 0 Å². The van der Waals surface area contributed by atoms with Crippen LogP contribution in [0.4, 0.5) is 0 Å². The molecule has 2 unspecified atom stereocenters. The molecule has 1 saturated heterocycles. The molecule has 1 heterocycles. The van der Waals surface area contributed by atoms with Crippen molar-refractivity contribution in [2.24, 2.45) is 5.73 Å². The van der Waals surface area contributed by atoms with Crippen LogP contribution in [0, 0.1) is 0 Å². The fourth-order valence-electron chi connectivity index (χ4n) is 3.58. The quantitative estimate of drug-likeness (QED) is 0.836. The van der Waals surface area contributed by atoms with Gasteiger partial charge < -0.3 is 10.6 Å². The first-order valence-electron chi connectivity index (χ1n) is 8.20. The van der Waals surface area contributed by atoms with Gasteiger partial charge in [0, 0.05) is 24.7 Å². The highest BCUT2D eigenvalue weighted by Gasteiger charge is 2.38. The van der Waals surface area contributed by atoms with Crippen molar-refractivity contribution in [1.82, 2.24) is 9.80 Å². The molecule has 0 aliphatic carbocycles. The third-order valence-electron chi connectivity index (χ3n) is 4.88. The van der Waals surface area contributed by atoms with Gasteiger partial charge >= 0.3 is 0 Å². The van der Waals surface area contributed by atoms with Gasteiger partial charge in [-0.15, -0.1) is 0 Å². The Morgan fingerprint density at radius 2 is 2.00 bits per heavy atom. The minimum Gasteiger partial charge on any atom is -0.329 e. The van der Waals surface area contributed by atoms with Gasteiger partial charge in [-0.2, -0.15) is 0 Å². The average molecular weight is 289 g/mol. The molecule has 118 valence electrons. The van der Waals surface area contributed by atoms with E-state index in [0.29, 0.717) is 6.04 Å². The normalized spacial score (nSPS) is 22.6. The molecule has 0 aromatic heterocycles. The lowest BCUT2D eigenvalue weighted by Crippen LogP contribution is -2.55. The summed E-state index contributed by atoms with van der Waals surface area (Å²) in [5.41, 5.74) is 7.72. The fourth-order valence-corrected chi connectivity index (χ4v) is 3.58. The van der Waals surface area contributed by atoms with Gasteiger partial charge in [0.2, 0.25) is 0 Å². The predicted octanol–water partition coefficient (Wildman–Crippen LogP) is 2.36. The monoisotopic (exact) mass is 289 g/mol. The van der Waals surface area contributed by atoms with E-state index in [4.69, 9.17) is 5.73 Å². The Hall–Kier alpha value is -0.900. The van der Waals surface area contributed by atoms with E-state index in [2.05, 4.69) is 61.2 Å². The molecular weight excluding hydrogens is 258 g/mol. The van der Waals surface area contributed by atoms with Crippen LogP contribution in [0.3, 0.4) is 0 Å². The molecule has 3 heteroatoms. The Kier molecular flexibility index (Phi) is 5.80. The summed E-state index contributed by atoms with van der Waals surface area (Å²) in [7, 11) is 4.33. The van der Waals surface area contributed by atoms with Gasteiger partial charge in [0.25, 0.3) is 0 Å². The van der Waals surface area contributed by atoms with Crippen molar-refractivity contribution in [3.05, 3.63) is 35.9 Å². The van der Waals surface area contributed by atoms with E-state index in [0.717, 1.165) is 25.9 Å². The van der Waals surface area contributed by atoms with E-state index in [-0.39, 0.29) is 5.54 Å². The molecule has 0 bridgehead atoms. The summed E-state index contributed by atoms with van der Waals surface area (Å²) in [5.74, 6) is 0. The van der Waals surface area contributed by atoms with Crippen LogP contribution in [0.15, 0.2) is 30.3 Å². The number of likely N-dealkylation sites (tertiary alicyclic amines) is 1. The molecule has 0 amide bonds. The van der Waals surface area contributed by atoms with Crippen molar-refractivity contribution < 1.29 is 0 Å². The maximum atomic E-state index is 6.19. The van der Waals surface area contributed by atoms with E-state index in [1.54, 1.807) is 0 Å². The Morgan fingerprint density at radius 3 is 2.62 bits per heavy atom. The molecule has 1 aliphatic rings. The summed E-state index contributed by atoms with van der Waals surface area (Å²) >= 11 is 0. The minimum atomic E-state index is 0.118. The van der Waals surface area contributed by atoms with Crippen LogP contribution < -0.4 is 5.73 Å². The number of nitrogens with two attached hydrogens (primary N) is 1. The average Bonchev–Trinajstić information content (AvgIpc) is 2.94. The third kappa shape index (κ3) is 4.29. The van der Waals surface area contributed by atoms with Crippen molar-refractivity contribution >= 4 is 0 Å². The molecule has 2 rings (SSSR count). The molecule has 3 nitrogen and oxygen atoms in total. The van der Waals surface area contributed by atoms with Crippen LogP contribution >= 0.6 is 0 Å². The molecule has 1 aliphatic heterocycles. The maximum Gasteiger partial charge on any atom is 0.0310 e. The Balaban J connectivity index is 2.01. The zero-order valence-corrected chi connectivity index (χ0v) is 13.9. The Morgan fingerprint density at radius 1 is 1.29 bits per heavy atom. The Labute approximate surface area is 130 Å². The molecule has 1 fully saturated rings. The maximum absolute atomic E-state index is 6.19. The van der Waals surface area contributed by atoms with E-state index < -0.39 is 0 Å². The number of hydrogen-bond donors (Lipinski definition) is 1. The second-order valence-corrected chi connectivity index (χ2v) is 6.94. The molecular formula is C18H31N3. The highest BCUT2D eigenvalue weighted by molar-refractivity contribution is 5.15. The number of rotatable bonds is 7. The second kappa shape index (κ2) is 7.39. The van der Waals surface area contributed by atoms with Crippen LogP contribution in [0.2, 0.25) is 0 Å². The molecule has 0 saturated carbocycles. The van der Waals surface area contributed by atoms with E-state index in [1.165, 1.54) is 24.9 Å². The molecule has 21 heavy (non-hydrogen) atoms. The summed E-state index contributed by atoms with van der Waals surface area (Å²) in [5, 5.41) is 0. The van der Waals surface area contributed by atoms with Crippen molar-refractivity contribution in [3.8, 4) is 0 Å². The molecule has 1 aromatic rings. The van der Waals surface area contributed by atoms with Crippen molar-refractivity contribution in [2.75, 3.05) is 33.7 Å². The van der Waals surface area contributed by atoms with E-state index in [9.17, 15) is 0 Å². The zero-order chi connectivity index (χ0) is 15.3. The van der Waals surface area contributed by atoms with E-state index >= 15 is 0 Å². The summed E-state index contributed by atoms with van der Waals surface area (Å²) in [6, 6.07) is 11.4. The number of hydrogen-bond acceptors (Lipinski definition) is 3. The molecule has 1 aromatic carbocycles. The van der Waals surface area contributed by atoms with Crippen LogP contribution in [0.5, 0.6) is 0 Å². The lowest BCUT2D eigenvalue weighted by molar-refractivity contribution is 0.0746. The molecule has 0 spiro atoms. The number of likely N-dealkylation sites (N-methyl/N-ethyl adjacent to an activating group) is 1. The fraction of sp³-hybridized carbons (Fsp3) is 0.667. The highest BCUT2D eigenvalue weighted by atomic mass is 15.3. The van der Waals surface area contributed by atoms with Gasteiger partial charge in [-0.25, -0.2) is 0 Å². The van der Waals surface area contributed by atoms with Gasteiger partial charge in [0.05, 0.1) is 0 Å². The molecule has 2 N–H and O–H groups in total. The van der Waals surface area contributed by atoms with Crippen molar-refractivity contribution in [1.29, 1.82) is 0 Å². The Bertz CT molecular complexity index is 418. The predicted molar refractivity (Wildman–Crippen MR) is 90.5 cm³/mol. The number of aryl methyl sites for hydroxylation is 1. The summed E-state index contributed by atoms with van der Waals surface area (Å²) in [6.45, 7) is 5.43. The highest BCUT2D eigenvalue weighted by Crippen LogP contribution is 2.30. The van der Waals surface area contributed by atoms with Gasteiger partial charge in [-0.1, -0.05) is 30.3 Å². The second-order valence-electron chi connectivity index (χ2n) is 6.94. The summed E-state index contributed by atoms with van der Waals surface area (Å²) in [4.78, 5) is 4.98. The van der Waals surface area contributed by atoms with Crippen LogP contribution in [-0.2, 0) is 6.42 Å². The summed E-state index contributed by atoms with van der Waals surface area (Å²) in [6.07, 6.45) is 4.86. The van der Waals surface area contributed by atoms with Gasteiger partial charge in [-0.05, 0) is 58.8 Å². The number of benzene rings is 1. The summed E-state index contributed by atoms with van der Waals surface area (Å²) < 4.78 is 0. The topological polar surface area (TPSA) is 32.5 Å². The molecule has 2 atom stereocenters. The van der Waals surface area contributed by atoms with Crippen LogP contribution in [-0.4, -0.2) is 55.1 Å². The zero-order valence-electron chi connectivity index (χ0n) is 13.9. The minimum absolute atomic E-state index is 0.118. The van der Waals surface area contributed by atoms with E-state index in [1.807, 2.05) is 0 Å². The molecule has 0 radical (unpaired) electrons. The standard InChI is InChI=1S/C18H31N3/c1-18(15-19,12-11-16-8-5-4-6-9-16)21-13-7-10-17(21)14-20(2)3/h4-6,8-9,17H,7,10-15,19H2,1-3H3. The largest absolute Gasteiger partial charge is 0.329 e. The van der Waals surface area contributed by atoms with Gasteiger partial charge in [-0.3, -0.25) is 4.90 Å². The van der Waals surface area contributed by atoms with Crippen molar-refractivity contribution in [2.45, 2.75) is 44.2 Å². The lowest BCUT2D eigenvalue weighted by atomic mass is 9.90. The SMILES string of the molecule is CN(C)CC1CCCN1C(C)(CN)CCc1ccccc1. The number of nitrogens with zero attached hydrogens (tertiary/aromatic N) is 2. The van der Waals surface area contributed by atoms with Crippen LogP contribution in [0.1, 0.15) is 31.7 Å². The first kappa shape index (κ1) is 16.5. The van der Waals surface area contributed by atoms with Gasteiger partial charge in [0.1, 0.15) is 0 Å².